The van der Waals surface area contributed by atoms with Crippen molar-refractivity contribution < 1.29 is 4.74 Å². The van der Waals surface area contributed by atoms with E-state index in [1.807, 2.05) is 12.1 Å². The Morgan fingerprint density at radius 2 is 2.38 bits per heavy atom. The van der Waals surface area contributed by atoms with Gasteiger partial charge < -0.3 is 15.4 Å². The third-order valence-electron chi connectivity index (χ3n) is 3.14. The Balaban J connectivity index is 1.98. The third-order valence-corrected chi connectivity index (χ3v) is 3.14. The minimum atomic E-state index is 0.375. The summed E-state index contributed by atoms with van der Waals surface area (Å²) in [5.41, 5.74) is 1.28. The molecule has 3 heteroatoms. The topological polar surface area (TPSA) is 33.3 Å². The van der Waals surface area contributed by atoms with E-state index in [1.54, 1.807) is 7.11 Å². The van der Waals surface area contributed by atoms with Crippen molar-refractivity contribution in [3.8, 4) is 5.75 Å². The van der Waals surface area contributed by atoms with Crippen LogP contribution >= 0.6 is 0 Å². The van der Waals surface area contributed by atoms with Crippen LogP contribution in [0.4, 0.5) is 0 Å². The molecule has 0 spiro atoms. The first-order valence-corrected chi connectivity index (χ1v) is 5.90. The standard InChI is InChI=1S/C13H20N2O/c1-10(15-12-6-7-14-9-12)11-4-3-5-13(8-11)16-2/h3-5,8,10,12,14-15H,6-7,9H2,1-2H3/t10-,12-/m1/s1. The highest BCUT2D eigenvalue weighted by molar-refractivity contribution is 5.30. The molecule has 1 aliphatic heterocycles. The Morgan fingerprint density at radius 1 is 1.50 bits per heavy atom. The summed E-state index contributed by atoms with van der Waals surface area (Å²) in [6, 6.07) is 9.23. The normalized spacial score (nSPS) is 22.0. The highest BCUT2D eigenvalue weighted by Gasteiger charge is 2.17. The minimum absolute atomic E-state index is 0.375. The van der Waals surface area contributed by atoms with Gasteiger partial charge >= 0.3 is 0 Å². The van der Waals surface area contributed by atoms with Gasteiger partial charge in [-0.15, -0.1) is 0 Å². The average molecular weight is 220 g/mol. The fourth-order valence-corrected chi connectivity index (χ4v) is 2.16. The summed E-state index contributed by atoms with van der Waals surface area (Å²) in [7, 11) is 1.71. The van der Waals surface area contributed by atoms with Crippen LogP contribution in [0.15, 0.2) is 24.3 Å². The quantitative estimate of drug-likeness (QED) is 0.810. The Labute approximate surface area is 97.2 Å². The number of rotatable bonds is 4. The molecule has 3 nitrogen and oxygen atoms in total. The SMILES string of the molecule is COc1cccc([C@@H](C)N[C@@H]2CCNC2)c1. The largest absolute Gasteiger partial charge is 0.497 e. The van der Waals surface area contributed by atoms with Crippen LogP contribution in [-0.4, -0.2) is 26.2 Å². The van der Waals surface area contributed by atoms with Crippen LogP contribution in [0.1, 0.15) is 24.9 Å². The molecule has 2 N–H and O–H groups in total. The van der Waals surface area contributed by atoms with E-state index in [9.17, 15) is 0 Å². The van der Waals surface area contributed by atoms with Gasteiger partial charge in [0.25, 0.3) is 0 Å². The van der Waals surface area contributed by atoms with Crippen LogP contribution in [0.3, 0.4) is 0 Å². The molecule has 2 rings (SSSR count). The molecule has 88 valence electrons. The van der Waals surface area contributed by atoms with Crippen molar-refractivity contribution in [1.82, 2.24) is 10.6 Å². The van der Waals surface area contributed by atoms with Crippen LogP contribution in [-0.2, 0) is 0 Å². The van der Waals surface area contributed by atoms with E-state index in [-0.39, 0.29) is 0 Å². The monoisotopic (exact) mass is 220 g/mol. The van der Waals surface area contributed by atoms with Crippen LogP contribution in [0.2, 0.25) is 0 Å². The highest BCUT2D eigenvalue weighted by Crippen LogP contribution is 2.19. The van der Waals surface area contributed by atoms with Crippen molar-refractivity contribution in [3.05, 3.63) is 29.8 Å². The summed E-state index contributed by atoms with van der Waals surface area (Å²) in [5.74, 6) is 0.927. The molecule has 1 heterocycles. The van der Waals surface area contributed by atoms with Gasteiger partial charge in [-0.2, -0.15) is 0 Å². The van der Waals surface area contributed by atoms with Crippen molar-refractivity contribution in [2.45, 2.75) is 25.4 Å². The predicted molar refractivity (Wildman–Crippen MR) is 65.8 cm³/mol. The number of nitrogens with one attached hydrogen (secondary N) is 2. The van der Waals surface area contributed by atoms with Gasteiger partial charge in [0.1, 0.15) is 5.75 Å². The zero-order chi connectivity index (χ0) is 11.4. The molecule has 1 fully saturated rings. The molecule has 1 saturated heterocycles. The van der Waals surface area contributed by atoms with Gasteiger partial charge in [0.05, 0.1) is 7.11 Å². The summed E-state index contributed by atoms with van der Waals surface area (Å²) in [6.45, 7) is 4.41. The maximum atomic E-state index is 5.23. The lowest BCUT2D eigenvalue weighted by atomic mass is 10.1. The predicted octanol–water partition coefficient (Wildman–Crippen LogP) is 1.71. The lowest BCUT2D eigenvalue weighted by molar-refractivity contribution is 0.412. The van der Waals surface area contributed by atoms with E-state index in [0.717, 1.165) is 18.8 Å². The first kappa shape index (κ1) is 11.4. The van der Waals surface area contributed by atoms with Gasteiger partial charge in [-0.3, -0.25) is 0 Å². The Hall–Kier alpha value is -1.06. The molecule has 0 aliphatic carbocycles. The van der Waals surface area contributed by atoms with Gasteiger partial charge in [-0.25, -0.2) is 0 Å². The molecule has 0 saturated carbocycles. The number of ether oxygens (including phenoxy) is 1. The van der Waals surface area contributed by atoms with E-state index in [4.69, 9.17) is 4.74 Å². The second-order valence-electron chi connectivity index (χ2n) is 4.35. The fraction of sp³-hybridized carbons (Fsp3) is 0.538. The van der Waals surface area contributed by atoms with Crippen molar-refractivity contribution in [2.24, 2.45) is 0 Å². The number of hydrogen-bond acceptors (Lipinski definition) is 3. The Kier molecular flexibility index (Phi) is 3.80. The van der Waals surface area contributed by atoms with E-state index < -0.39 is 0 Å². The molecule has 0 radical (unpaired) electrons. The first-order valence-electron chi connectivity index (χ1n) is 5.90. The van der Waals surface area contributed by atoms with E-state index in [1.165, 1.54) is 12.0 Å². The summed E-state index contributed by atoms with van der Waals surface area (Å²) in [5, 5.41) is 6.99. The van der Waals surface area contributed by atoms with Crippen LogP contribution < -0.4 is 15.4 Å². The maximum absolute atomic E-state index is 5.23. The van der Waals surface area contributed by atoms with Crippen LogP contribution in [0, 0.1) is 0 Å². The van der Waals surface area contributed by atoms with Gasteiger partial charge in [-0.05, 0) is 37.6 Å². The lowest BCUT2D eigenvalue weighted by Crippen LogP contribution is -2.33. The van der Waals surface area contributed by atoms with Crippen molar-refractivity contribution >= 4 is 0 Å². The average Bonchev–Trinajstić information content (AvgIpc) is 2.82. The second kappa shape index (κ2) is 5.32. The summed E-state index contributed by atoms with van der Waals surface area (Å²) < 4.78 is 5.23. The number of benzene rings is 1. The van der Waals surface area contributed by atoms with Crippen molar-refractivity contribution in [2.75, 3.05) is 20.2 Å². The van der Waals surface area contributed by atoms with Crippen LogP contribution in [0.5, 0.6) is 5.75 Å². The third kappa shape index (κ3) is 2.74. The highest BCUT2D eigenvalue weighted by atomic mass is 16.5. The molecule has 0 aromatic heterocycles. The zero-order valence-electron chi connectivity index (χ0n) is 9.99. The Morgan fingerprint density at radius 3 is 3.06 bits per heavy atom. The number of hydrogen-bond donors (Lipinski definition) is 2. The molecular weight excluding hydrogens is 200 g/mol. The Bertz CT molecular complexity index is 334. The molecule has 1 aromatic carbocycles. The van der Waals surface area contributed by atoms with Crippen molar-refractivity contribution in [1.29, 1.82) is 0 Å². The molecule has 2 atom stereocenters. The number of methoxy groups -OCH3 is 1. The minimum Gasteiger partial charge on any atom is -0.497 e. The lowest BCUT2D eigenvalue weighted by Gasteiger charge is -2.19. The van der Waals surface area contributed by atoms with E-state index in [0.29, 0.717) is 12.1 Å². The van der Waals surface area contributed by atoms with E-state index in [2.05, 4.69) is 29.7 Å². The van der Waals surface area contributed by atoms with Crippen LogP contribution in [0.25, 0.3) is 0 Å². The smallest absolute Gasteiger partial charge is 0.119 e. The first-order chi connectivity index (χ1) is 7.79. The molecule has 16 heavy (non-hydrogen) atoms. The molecule has 0 unspecified atom stereocenters. The summed E-state index contributed by atoms with van der Waals surface area (Å²) in [6.07, 6.45) is 1.22. The van der Waals surface area contributed by atoms with E-state index >= 15 is 0 Å². The molecule has 0 bridgehead atoms. The molecule has 1 aromatic rings. The fourth-order valence-electron chi connectivity index (χ4n) is 2.16. The van der Waals surface area contributed by atoms with Gasteiger partial charge in [0, 0.05) is 18.6 Å². The summed E-state index contributed by atoms with van der Waals surface area (Å²) >= 11 is 0. The molecule has 1 aliphatic rings. The van der Waals surface area contributed by atoms with Gasteiger partial charge in [0.15, 0.2) is 0 Å². The maximum Gasteiger partial charge on any atom is 0.119 e. The van der Waals surface area contributed by atoms with Gasteiger partial charge in [0.2, 0.25) is 0 Å². The summed E-state index contributed by atoms with van der Waals surface area (Å²) in [4.78, 5) is 0. The molecule has 0 amide bonds. The van der Waals surface area contributed by atoms with Crippen molar-refractivity contribution in [3.63, 3.8) is 0 Å². The van der Waals surface area contributed by atoms with Gasteiger partial charge in [-0.1, -0.05) is 12.1 Å². The molecular formula is C13H20N2O. The second-order valence-corrected chi connectivity index (χ2v) is 4.35. The zero-order valence-corrected chi connectivity index (χ0v) is 9.99.